The van der Waals surface area contributed by atoms with Crippen LogP contribution in [0.1, 0.15) is 68.7 Å². The van der Waals surface area contributed by atoms with Crippen molar-refractivity contribution >= 4 is 35.3 Å². The van der Waals surface area contributed by atoms with Gasteiger partial charge in [0.25, 0.3) is 5.70 Å². The molecule has 206 valence electrons. The van der Waals surface area contributed by atoms with Gasteiger partial charge in [0.15, 0.2) is 0 Å². The number of nitriles is 1. The lowest BCUT2D eigenvalue weighted by atomic mass is 9.97. The second kappa shape index (κ2) is 14.2. The average Bonchev–Trinajstić information content (AvgIpc) is 3.51. The molecule has 0 bridgehead atoms. The Morgan fingerprint density at radius 1 is 1.05 bits per heavy atom. The summed E-state index contributed by atoms with van der Waals surface area (Å²) in [6, 6.07) is 12.3. The predicted molar refractivity (Wildman–Crippen MR) is 165 cm³/mol. The highest BCUT2D eigenvalue weighted by Crippen LogP contribution is 2.41. The number of benzene rings is 1. The Bertz CT molecular complexity index is 1430. The van der Waals surface area contributed by atoms with Crippen LogP contribution in [0.4, 0.5) is 5.69 Å². The first kappa shape index (κ1) is 30.3. The van der Waals surface area contributed by atoms with E-state index in [1.165, 1.54) is 31.4 Å². The summed E-state index contributed by atoms with van der Waals surface area (Å²) in [5.74, 6) is 0.913. The third-order valence-electron chi connectivity index (χ3n) is 6.66. The SMILES string of the molecule is [C-]#[N+]C1=C(/C=C/c2ccc(/C=C/c3ccc(N(CCCC)CCCC)cc3OC)s2)C(C)(C)O/C1=C(\C#N)[N+]#[C-]. The van der Waals surface area contributed by atoms with E-state index in [2.05, 4.69) is 64.9 Å². The number of thiophene rings is 1. The van der Waals surface area contributed by atoms with E-state index in [-0.39, 0.29) is 17.2 Å². The molecule has 0 amide bonds. The molecule has 6 nitrogen and oxygen atoms in total. The highest BCUT2D eigenvalue weighted by Gasteiger charge is 2.38. The van der Waals surface area contributed by atoms with Crippen molar-refractivity contribution in [3.63, 3.8) is 0 Å². The van der Waals surface area contributed by atoms with Crippen LogP contribution in [0, 0.1) is 24.5 Å². The molecule has 3 rings (SSSR count). The van der Waals surface area contributed by atoms with Gasteiger partial charge in [0.1, 0.15) is 17.1 Å². The maximum atomic E-state index is 9.27. The van der Waals surface area contributed by atoms with Crippen LogP contribution in [0.3, 0.4) is 0 Å². The molecule has 1 aliphatic heterocycles. The molecule has 0 N–H and O–H groups in total. The van der Waals surface area contributed by atoms with Crippen molar-refractivity contribution in [2.24, 2.45) is 0 Å². The number of allylic oxidation sites excluding steroid dienone is 1. The molecule has 1 aromatic carbocycles. The largest absolute Gasteiger partial charge is 0.505 e. The summed E-state index contributed by atoms with van der Waals surface area (Å²) >= 11 is 1.62. The van der Waals surface area contributed by atoms with Gasteiger partial charge in [0, 0.05) is 45.7 Å². The van der Waals surface area contributed by atoms with Crippen LogP contribution >= 0.6 is 11.3 Å². The lowest BCUT2D eigenvalue weighted by molar-refractivity contribution is 0.0952. The molecule has 2 heterocycles. The maximum Gasteiger partial charge on any atom is 0.292 e. The summed E-state index contributed by atoms with van der Waals surface area (Å²) in [5.41, 5.74) is 2.06. The van der Waals surface area contributed by atoms with Gasteiger partial charge in [-0.1, -0.05) is 32.8 Å². The molecule has 0 saturated carbocycles. The molecule has 7 heteroatoms. The lowest BCUT2D eigenvalue weighted by Crippen LogP contribution is -2.25. The molecule has 0 saturated heterocycles. The molecule has 0 unspecified atom stereocenters. The molecule has 40 heavy (non-hydrogen) atoms. The number of methoxy groups -OCH3 is 1. The maximum absolute atomic E-state index is 9.27. The van der Waals surface area contributed by atoms with Crippen LogP contribution < -0.4 is 9.64 Å². The summed E-state index contributed by atoms with van der Waals surface area (Å²) in [4.78, 5) is 11.4. The topological polar surface area (TPSA) is 54.2 Å². The zero-order chi connectivity index (χ0) is 29.1. The first-order chi connectivity index (χ1) is 19.3. The van der Waals surface area contributed by atoms with Crippen LogP contribution in [-0.4, -0.2) is 25.8 Å². The van der Waals surface area contributed by atoms with E-state index in [0.717, 1.165) is 34.2 Å². The van der Waals surface area contributed by atoms with Gasteiger partial charge in [-0.05, 0) is 69.2 Å². The van der Waals surface area contributed by atoms with Gasteiger partial charge >= 0.3 is 0 Å². The predicted octanol–water partition coefficient (Wildman–Crippen LogP) is 8.98. The van der Waals surface area contributed by atoms with Gasteiger partial charge in [-0.15, -0.1) is 11.3 Å². The van der Waals surface area contributed by atoms with Crippen molar-refractivity contribution in [3.05, 3.63) is 97.3 Å². The zero-order valence-electron chi connectivity index (χ0n) is 24.0. The van der Waals surface area contributed by atoms with Crippen molar-refractivity contribution < 1.29 is 9.47 Å². The average molecular weight is 553 g/mol. The third kappa shape index (κ3) is 7.23. The molecule has 0 atom stereocenters. The number of unbranched alkanes of at least 4 members (excludes halogenated alkanes) is 2. The van der Waals surface area contributed by atoms with Gasteiger partial charge in [0.05, 0.1) is 26.3 Å². The number of hydrogen-bond donors (Lipinski definition) is 0. The Hall–Kier alpha value is -4.25. The Morgan fingerprint density at radius 2 is 1.70 bits per heavy atom. The molecule has 0 fully saturated rings. The van der Waals surface area contributed by atoms with Crippen molar-refractivity contribution in [2.75, 3.05) is 25.1 Å². The summed E-state index contributed by atoms with van der Waals surface area (Å²) < 4.78 is 11.6. The second-order valence-electron chi connectivity index (χ2n) is 9.92. The molecule has 2 aromatic rings. The van der Waals surface area contributed by atoms with E-state index in [1.54, 1.807) is 18.4 Å². The van der Waals surface area contributed by atoms with Crippen molar-refractivity contribution in [3.8, 4) is 11.8 Å². The van der Waals surface area contributed by atoms with Crippen LogP contribution in [0.25, 0.3) is 27.9 Å². The van der Waals surface area contributed by atoms with E-state index in [4.69, 9.17) is 22.6 Å². The molecular weight excluding hydrogens is 516 g/mol. The fourth-order valence-electron chi connectivity index (χ4n) is 4.43. The summed E-state index contributed by atoms with van der Waals surface area (Å²) in [7, 11) is 1.71. The fraction of sp³-hybridized carbons (Fsp3) is 0.364. The molecular formula is C33H36N4O2S. The fourth-order valence-corrected chi connectivity index (χ4v) is 5.25. The van der Waals surface area contributed by atoms with E-state index in [9.17, 15) is 5.26 Å². The van der Waals surface area contributed by atoms with Gasteiger partial charge < -0.3 is 14.4 Å². The van der Waals surface area contributed by atoms with Gasteiger partial charge in [0.2, 0.25) is 5.70 Å². The second-order valence-corrected chi connectivity index (χ2v) is 11.1. The minimum Gasteiger partial charge on any atom is -0.505 e. The van der Waals surface area contributed by atoms with Gasteiger partial charge in [-0.3, -0.25) is 0 Å². The number of ether oxygens (including phenoxy) is 2. The minimum atomic E-state index is -0.816. The van der Waals surface area contributed by atoms with Gasteiger partial charge in [-0.2, -0.15) is 0 Å². The number of rotatable bonds is 12. The highest BCUT2D eigenvalue weighted by molar-refractivity contribution is 7.13. The van der Waals surface area contributed by atoms with Crippen LogP contribution in [-0.2, 0) is 4.74 Å². The quantitative estimate of drug-likeness (QED) is 0.195. The lowest BCUT2D eigenvalue weighted by Gasteiger charge is -2.25. The molecule has 1 aliphatic rings. The van der Waals surface area contributed by atoms with Crippen molar-refractivity contribution in [1.82, 2.24) is 0 Å². The van der Waals surface area contributed by atoms with E-state index in [0.29, 0.717) is 5.57 Å². The van der Waals surface area contributed by atoms with Crippen LogP contribution in [0.15, 0.2) is 59.1 Å². The molecule has 0 aliphatic carbocycles. The standard InChI is InChI=1S/C33H36N4O2S/c1-8-10-20-37(21-11-9-2)25-14-12-24(30(22-25)38-7)13-15-26-16-17-27(40-26)18-19-28-31(36-6)32(29(23-34)35-5)39-33(28,3)4/h12-19,22H,8-11,20-21H2,1-4,7H3/b15-13+,19-18+,32-29+. The number of hydrogen-bond acceptors (Lipinski definition) is 5. The summed E-state index contributed by atoms with van der Waals surface area (Å²) in [6.45, 7) is 25.1. The normalized spacial score (nSPS) is 15.6. The minimum absolute atomic E-state index is 0.0609. The van der Waals surface area contributed by atoms with Crippen molar-refractivity contribution in [1.29, 1.82) is 5.26 Å². The first-order valence-corrected chi connectivity index (χ1v) is 14.4. The monoisotopic (exact) mass is 552 g/mol. The molecule has 1 aromatic heterocycles. The zero-order valence-corrected chi connectivity index (χ0v) is 24.8. The molecule has 0 radical (unpaired) electrons. The summed E-state index contributed by atoms with van der Waals surface area (Å²) in [5, 5.41) is 9.27. The van der Waals surface area contributed by atoms with E-state index < -0.39 is 5.60 Å². The van der Waals surface area contributed by atoms with Gasteiger partial charge in [-0.25, -0.2) is 15.0 Å². The Morgan fingerprint density at radius 3 is 2.25 bits per heavy atom. The number of anilines is 1. The van der Waals surface area contributed by atoms with Crippen LogP contribution in [0.2, 0.25) is 0 Å². The summed E-state index contributed by atoms with van der Waals surface area (Å²) in [6.07, 6.45) is 12.6. The Labute approximate surface area is 242 Å². The van der Waals surface area contributed by atoms with E-state index in [1.807, 2.05) is 38.1 Å². The van der Waals surface area contributed by atoms with E-state index >= 15 is 0 Å². The molecule has 0 spiro atoms. The third-order valence-corrected chi connectivity index (χ3v) is 7.67. The highest BCUT2D eigenvalue weighted by atomic mass is 32.1. The van der Waals surface area contributed by atoms with Crippen LogP contribution in [0.5, 0.6) is 5.75 Å². The number of nitrogens with zero attached hydrogens (tertiary/aromatic N) is 4. The Kier molecular flexibility index (Phi) is 10.8. The smallest absolute Gasteiger partial charge is 0.292 e. The van der Waals surface area contributed by atoms with Crippen molar-refractivity contribution in [2.45, 2.75) is 59.0 Å². The first-order valence-electron chi connectivity index (χ1n) is 13.5. The Balaban J connectivity index is 1.82.